The van der Waals surface area contributed by atoms with Crippen LogP contribution in [-0.4, -0.2) is 24.5 Å². The maximum Gasteiger partial charge on any atom is 0.267 e. The molecule has 1 fully saturated rings. The molecule has 8 heteroatoms. The lowest BCUT2D eigenvalue weighted by molar-refractivity contribution is -0.123. The van der Waals surface area contributed by atoms with Crippen molar-refractivity contribution in [1.29, 1.82) is 0 Å². The van der Waals surface area contributed by atoms with Gasteiger partial charge in [0.2, 0.25) is 0 Å². The number of aromatic nitrogens is 2. The van der Waals surface area contributed by atoms with Crippen molar-refractivity contribution >= 4 is 51.7 Å². The molecule has 1 aliphatic heterocycles. The van der Waals surface area contributed by atoms with E-state index in [4.69, 9.17) is 12.2 Å². The molecule has 1 amide bonds. The van der Waals surface area contributed by atoms with Crippen LogP contribution in [0.1, 0.15) is 29.7 Å². The van der Waals surface area contributed by atoms with Gasteiger partial charge in [0.15, 0.2) is 0 Å². The van der Waals surface area contributed by atoms with Crippen LogP contribution >= 0.6 is 24.0 Å². The van der Waals surface area contributed by atoms with E-state index in [-0.39, 0.29) is 17.5 Å². The molecule has 0 aliphatic carbocycles. The Labute approximate surface area is 212 Å². The number of hydrogen-bond acceptors (Lipinski definition) is 6. The number of pyridine rings is 1. The Hall–Kier alpha value is -3.75. The van der Waals surface area contributed by atoms with Gasteiger partial charge < -0.3 is 5.32 Å². The number of carbonyl (C=O) groups excluding carboxylic acids is 1. The minimum absolute atomic E-state index is 0.220. The average Bonchev–Trinajstić information content (AvgIpc) is 3.17. The van der Waals surface area contributed by atoms with Crippen molar-refractivity contribution < 1.29 is 4.79 Å². The van der Waals surface area contributed by atoms with Crippen molar-refractivity contribution in [2.45, 2.75) is 19.5 Å². The highest BCUT2D eigenvalue weighted by molar-refractivity contribution is 8.26. The molecule has 3 heterocycles. The first-order valence-electron chi connectivity index (χ1n) is 11.1. The summed E-state index contributed by atoms with van der Waals surface area (Å²) in [5, 5.41) is 3.29. The molecule has 6 nitrogen and oxygen atoms in total. The van der Waals surface area contributed by atoms with Crippen LogP contribution in [0, 0.1) is 0 Å². The standard InChI is InChI=1S/C27H22N4O2S2/c1-18(20-12-6-3-7-13-20)31-26(33)22(35-27(31)34)16-21-24(28-17-19-10-4-2-5-11-19)29-23-14-8-9-15-30(23)25(21)32/h2-16,18,28H,17H2,1H3. The van der Waals surface area contributed by atoms with Gasteiger partial charge in [0.25, 0.3) is 11.5 Å². The molecule has 2 aromatic heterocycles. The number of hydrogen-bond donors (Lipinski definition) is 1. The summed E-state index contributed by atoms with van der Waals surface area (Å²) in [6, 6.07) is 24.8. The summed E-state index contributed by atoms with van der Waals surface area (Å²) >= 11 is 6.76. The summed E-state index contributed by atoms with van der Waals surface area (Å²) in [7, 11) is 0. The first kappa shape index (κ1) is 23.0. The average molecular weight is 499 g/mol. The van der Waals surface area contributed by atoms with Gasteiger partial charge in [0.1, 0.15) is 15.8 Å². The van der Waals surface area contributed by atoms with Gasteiger partial charge in [-0.1, -0.05) is 90.7 Å². The molecule has 1 saturated heterocycles. The fraction of sp³-hybridized carbons (Fsp3) is 0.111. The molecule has 35 heavy (non-hydrogen) atoms. The Morgan fingerprint density at radius 2 is 1.69 bits per heavy atom. The van der Waals surface area contributed by atoms with Gasteiger partial charge >= 0.3 is 0 Å². The molecule has 2 aromatic carbocycles. The number of carbonyl (C=O) groups is 1. The molecular weight excluding hydrogens is 476 g/mol. The molecule has 0 saturated carbocycles. The molecule has 1 N–H and O–H groups in total. The smallest absolute Gasteiger partial charge is 0.267 e. The maximum atomic E-state index is 13.4. The van der Waals surface area contributed by atoms with E-state index in [0.29, 0.717) is 32.8 Å². The Balaban J connectivity index is 1.53. The second kappa shape index (κ2) is 9.85. The number of nitrogens with one attached hydrogen (secondary N) is 1. The molecule has 1 aliphatic rings. The Morgan fingerprint density at radius 3 is 2.43 bits per heavy atom. The van der Waals surface area contributed by atoms with Gasteiger partial charge in [0, 0.05) is 12.7 Å². The number of fused-ring (bicyclic) bond motifs is 1. The number of benzene rings is 2. The lowest BCUT2D eigenvalue weighted by Gasteiger charge is -2.23. The number of rotatable bonds is 6. The molecule has 0 spiro atoms. The Morgan fingerprint density at radius 1 is 1.00 bits per heavy atom. The zero-order valence-corrected chi connectivity index (χ0v) is 20.6. The van der Waals surface area contributed by atoms with E-state index < -0.39 is 0 Å². The van der Waals surface area contributed by atoms with Crippen LogP contribution < -0.4 is 10.9 Å². The highest BCUT2D eigenvalue weighted by Gasteiger charge is 2.36. The van der Waals surface area contributed by atoms with Gasteiger partial charge in [-0.05, 0) is 36.3 Å². The lowest BCUT2D eigenvalue weighted by atomic mass is 10.1. The van der Waals surface area contributed by atoms with E-state index >= 15 is 0 Å². The van der Waals surface area contributed by atoms with Crippen LogP contribution in [0.2, 0.25) is 0 Å². The van der Waals surface area contributed by atoms with Crippen molar-refractivity contribution in [2.75, 3.05) is 5.32 Å². The maximum absolute atomic E-state index is 13.4. The predicted molar refractivity (Wildman–Crippen MR) is 145 cm³/mol. The highest BCUT2D eigenvalue weighted by Crippen LogP contribution is 2.38. The summed E-state index contributed by atoms with van der Waals surface area (Å²) in [5.74, 6) is 0.203. The zero-order chi connectivity index (χ0) is 24.4. The summed E-state index contributed by atoms with van der Waals surface area (Å²) < 4.78 is 1.94. The van der Waals surface area contributed by atoms with E-state index in [1.807, 2.05) is 73.7 Å². The van der Waals surface area contributed by atoms with Crippen LogP contribution in [-0.2, 0) is 11.3 Å². The van der Waals surface area contributed by atoms with Crippen LogP contribution in [0.3, 0.4) is 0 Å². The highest BCUT2D eigenvalue weighted by atomic mass is 32.2. The first-order chi connectivity index (χ1) is 17.0. The minimum atomic E-state index is -0.257. The van der Waals surface area contributed by atoms with Crippen molar-refractivity contribution in [1.82, 2.24) is 14.3 Å². The number of anilines is 1. The van der Waals surface area contributed by atoms with Gasteiger partial charge in [-0.3, -0.25) is 18.9 Å². The third kappa shape index (κ3) is 4.62. The Bertz CT molecular complexity index is 1500. The fourth-order valence-electron chi connectivity index (χ4n) is 3.97. The fourth-order valence-corrected chi connectivity index (χ4v) is 5.37. The van der Waals surface area contributed by atoms with Crippen LogP contribution in [0.25, 0.3) is 11.7 Å². The lowest BCUT2D eigenvalue weighted by Crippen LogP contribution is -2.31. The molecule has 174 valence electrons. The molecule has 0 radical (unpaired) electrons. The first-order valence-corrected chi connectivity index (χ1v) is 12.4. The van der Waals surface area contributed by atoms with Crippen molar-refractivity contribution in [3.63, 3.8) is 0 Å². The second-order valence-corrected chi connectivity index (χ2v) is 9.76. The molecular formula is C27H22N4O2S2. The normalized spacial score (nSPS) is 15.7. The Kier molecular flexibility index (Phi) is 6.48. The van der Waals surface area contributed by atoms with Crippen molar-refractivity contribution in [2.24, 2.45) is 0 Å². The molecule has 0 bridgehead atoms. The van der Waals surface area contributed by atoms with Gasteiger partial charge in [-0.2, -0.15) is 0 Å². The SMILES string of the molecule is CC(c1ccccc1)N1C(=O)C(=Cc2c(NCc3ccccc3)nc3ccccn3c2=O)SC1=S. The molecule has 5 rings (SSSR count). The minimum Gasteiger partial charge on any atom is -0.365 e. The summed E-state index contributed by atoms with van der Waals surface area (Å²) in [6.45, 7) is 2.44. The number of nitrogens with zero attached hydrogens (tertiary/aromatic N) is 3. The van der Waals surface area contributed by atoms with E-state index in [0.717, 1.165) is 11.1 Å². The van der Waals surface area contributed by atoms with Crippen LogP contribution in [0.5, 0.6) is 0 Å². The monoisotopic (exact) mass is 498 g/mol. The third-order valence-electron chi connectivity index (χ3n) is 5.84. The van der Waals surface area contributed by atoms with E-state index in [2.05, 4.69) is 10.3 Å². The predicted octanol–water partition coefficient (Wildman–Crippen LogP) is 5.27. The molecule has 4 aromatic rings. The molecule has 1 unspecified atom stereocenters. The summed E-state index contributed by atoms with van der Waals surface area (Å²) in [5.41, 5.74) is 2.62. The third-order valence-corrected chi connectivity index (χ3v) is 7.17. The van der Waals surface area contributed by atoms with E-state index in [1.165, 1.54) is 16.2 Å². The van der Waals surface area contributed by atoms with Crippen LogP contribution in [0.4, 0.5) is 5.82 Å². The largest absolute Gasteiger partial charge is 0.365 e. The van der Waals surface area contributed by atoms with E-state index in [1.54, 1.807) is 29.3 Å². The zero-order valence-electron chi connectivity index (χ0n) is 18.9. The number of amides is 1. The van der Waals surface area contributed by atoms with Crippen molar-refractivity contribution in [3.8, 4) is 0 Å². The number of thiocarbonyl (C=S) groups is 1. The van der Waals surface area contributed by atoms with Gasteiger partial charge in [-0.15, -0.1) is 0 Å². The number of thioether (sulfide) groups is 1. The second-order valence-electron chi connectivity index (χ2n) is 8.09. The van der Waals surface area contributed by atoms with Crippen molar-refractivity contribution in [3.05, 3.63) is 117 Å². The summed E-state index contributed by atoms with van der Waals surface area (Å²) in [4.78, 5) is 33.5. The van der Waals surface area contributed by atoms with E-state index in [9.17, 15) is 9.59 Å². The topological polar surface area (TPSA) is 66.7 Å². The quantitative estimate of drug-likeness (QED) is 0.289. The van der Waals surface area contributed by atoms with Gasteiger partial charge in [0.05, 0.1) is 16.5 Å². The molecule has 1 atom stereocenters. The van der Waals surface area contributed by atoms with Crippen LogP contribution in [0.15, 0.2) is 94.8 Å². The van der Waals surface area contributed by atoms with Gasteiger partial charge in [-0.25, -0.2) is 4.98 Å². The summed E-state index contributed by atoms with van der Waals surface area (Å²) in [6.07, 6.45) is 3.28.